The lowest BCUT2D eigenvalue weighted by Crippen LogP contribution is -2.39. The highest BCUT2D eigenvalue weighted by Gasteiger charge is 2.24. The Labute approximate surface area is 190 Å². The molecular formula is C21H64O2Si5. The van der Waals surface area contributed by atoms with Crippen molar-refractivity contribution < 1.29 is 10.3 Å². The summed E-state index contributed by atoms with van der Waals surface area (Å²) in [6.45, 7) is 45.4. The van der Waals surface area contributed by atoms with Crippen LogP contribution in [0.25, 0.3) is 0 Å². The Balaban J connectivity index is -0.0000000424. The predicted octanol–water partition coefficient (Wildman–Crippen LogP) is 8.40. The summed E-state index contributed by atoms with van der Waals surface area (Å²) >= 11 is 0. The summed E-state index contributed by atoms with van der Waals surface area (Å²) in [6.07, 6.45) is 0. The monoisotopic (exact) mass is 488 g/mol. The molecule has 0 fully saturated rings. The second-order valence-corrected chi connectivity index (χ2v) is 32.2. The molecule has 0 heterocycles. The van der Waals surface area contributed by atoms with Crippen LogP contribution in [-0.2, 0) is 4.12 Å². The van der Waals surface area contributed by atoms with E-state index >= 15 is 0 Å². The Morgan fingerprint density at radius 1 is 0.643 bits per heavy atom. The summed E-state index contributed by atoms with van der Waals surface area (Å²) in [6, 6.07) is 0. The molecule has 1 N–H and O–H groups in total. The minimum atomic E-state index is -1.61. The van der Waals surface area contributed by atoms with Gasteiger partial charge in [-0.05, 0) is 64.8 Å². The molecule has 0 unspecified atom stereocenters. The highest BCUT2D eigenvalue weighted by molar-refractivity contribution is 6.83. The molecule has 7 heteroatoms. The van der Waals surface area contributed by atoms with Crippen LogP contribution in [0, 0.1) is 5.92 Å². The van der Waals surface area contributed by atoms with Crippen molar-refractivity contribution in [2.24, 2.45) is 5.92 Å². The number of hydrogen-bond donors (Lipinski definition) is 1. The maximum atomic E-state index is 8.66. The van der Waals surface area contributed by atoms with E-state index in [2.05, 4.69) is 112 Å². The van der Waals surface area contributed by atoms with Crippen molar-refractivity contribution in [1.82, 2.24) is 0 Å². The minimum absolute atomic E-state index is 0. The van der Waals surface area contributed by atoms with Crippen LogP contribution in [0.3, 0.4) is 0 Å². The molecule has 0 saturated heterocycles. The molecule has 0 aliphatic carbocycles. The zero-order chi connectivity index (χ0) is 24.9. The third-order valence-electron chi connectivity index (χ3n) is 0.612. The third kappa shape index (κ3) is 390. The zero-order valence-electron chi connectivity index (χ0n) is 23.5. The SMILES string of the molecule is C=C.CC(C)C.C[SiH](C)C.C[SiH](C)C.C[Si](C)(C)O.C[Si](C)(C)O[Si](C)(C)C.[HH]. The van der Waals surface area contributed by atoms with Crippen molar-refractivity contribution in [2.75, 3.05) is 0 Å². The minimum Gasteiger partial charge on any atom is -0.456 e. The summed E-state index contributed by atoms with van der Waals surface area (Å²) in [7, 11) is -4.35. The van der Waals surface area contributed by atoms with Gasteiger partial charge in [0, 0.05) is 19.0 Å². The Kier molecular flexibility index (Phi) is 36.7. The van der Waals surface area contributed by atoms with Gasteiger partial charge in [0.25, 0.3) is 0 Å². The van der Waals surface area contributed by atoms with Crippen LogP contribution in [-0.4, -0.2) is 47.3 Å². The van der Waals surface area contributed by atoms with Crippen molar-refractivity contribution in [3.8, 4) is 0 Å². The molecule has 28 heavy (non-hydrogen) atoms. The first-order valence-electron chi connectivity index (χ1n) is 10.8. The smallest absolute Gasteiger partial charge is 0.179 e. The Morgan fingerprint density at radius 2 is 0.714 bits per heavy atom. The quantitative estimate of drug-likeness (QED) is 0.312. The van der Waals surface area contributed by atoms with Crippen molar-refractivity contribution >= 4 is 42.5 Å². The van der Waals surface area contributed by atoms with Crippen LogP contribution in [0.4, 0.5) is 0 Å². The average molecular weight is 489 g/mol. The number of hydrogen-bond acceptors (Lipinski definition) is 2. The fourth-order valence-corrected chi connectivity index (χ4v) is 8.27. The molecule has 0 saturated carbocycles. The van der Waals surface area contributed by atoms with Gasteiger partial charge in [0.2, 0.25) is 0 Å². The first-order chi connectivity index (χ1) is 11.9. The molecule has 0 aromatic rings. The topological polar surface area (TPSA) is 29.5 Å². The molecule has 0 aromatic heterocycles. The lowest BCUT2D eigenvalue weighted by atomic mass is 10.3. The van der Waals surface area contributed by atoms with Gasteiger partial charge in [0.15, 0.2) is 25.0 Å². The summed E-state index contributed by atoms with van der Waals surface area (Å²) < 4.78 is 5.90. The molecule has 180 valence electrons. The van der Waals surface area contributed by atoms with Gasteiger partial charge in [0.1, 0.15) is 0 Å². The Hall–Kier alpha value is 0.744. The molecule has 0 radical (unpaired) electrons. The van der Waals surface area contributed by atoms with E-state index in [0.29, 0.717) is 0 Å². The van der Waals surface area contributed by atoms with Crippen LogP contribution >= 0.6 is 0 Å². The molecule has 0 rings (SSSR count). The van der Waals surface area contributed by atoms with E-state index in [1.807, 2.05) is 19.6 Å². The van der Waals surface area contributed by atoms with E-state index in [9.17, 15) is 0 Å². The number of rotatable bonds is 2. The standard InChI is InChI=1S/C6H18OSi2.C4H10.C3H10OSi.2C3H10Si.C2H4.H2/c1-8(2,3)7-9(4,5)6;1-4(2)3;1-5(2,3)4;2*1-4(2)3;1-2;/h1-6H3;4H,1-3H3;4H,1-3H3;2*4H,1-3H3;1-2H2;1H. The van der Waals surface area contributed by atoms with E-state index in [4.69, 9.17) is 8.91 Å². The molecule has 0 amide bonds. The summed E-state index contributed by atoms with van der Waals surface area (Å²) in [5, 5.41) is 0. The highest BCUT2D eigenvalue weighted by Crippen LogP contribution is 2.12. The van der Waals surface area contributed by atoms with Gasteiger partial charge in [-0.25, -0.2) is 0 Å². The van der Waals surface area contributed by atoms with Crippen molar-refractivity contribution in [3.05, 3.63) is 13.2 Å². The summed E-state index contributed by atoms with van der Waals surface area (Å²) in [5.74, 6) is 0.833. The van der Waals surface area contributed by atoms with Gasteiger partial charge in [-0.3, -0.25) is 0 Å². The molecule has 0 bridgehead atoms. The molecular weight excluding hydrogens is 425 g/mol. The second kappa shape index (κ2) is 24.0. The van der Waals surface area contributed by atoms with Crippen LogP contribution < -0.4 is 0 Å². The maximum Gasteiger partial charge on any atom is 0.179 e. The Morgan fingerprint density at radius 3 is 0.714 bits per heavy atom. The van der Waals surface area contributed by atoms with E-state index in [-0.39, 0.29) is 19.0 Å². The van der Waals surface area contributed by atoms with Gasteiger partial charge >= 0.3 is 0 Å². The fourth-order valence-electron chi connectivity index (χ4n) is 0.919. The maximum absolute atomic E-state index is 8.66. The van der Waals surface area contributed by atoms with Gasteiger partial charge < -0.3 is 8.91 Å². The highest BCUT2D eigenvalue weighted by atomic mass is 28.4. The first-order valence-corrected chi connectivity index (χ1v) is 28.0. The second-order valence-electron chi connectivity index (χ2n) is 11.7. The van der Waals surface area contributed by atoms with Crippen LogP contribution in [0.1, 0.15) is 22.2 Å². The normalized spacial score (nSPS) is 10.6. The van der Waals surface area contributed by atoms with Crippen molar-refractivity contribution in [3.63, 3.8) is 0 Å². The third-order valence-corrected chi connectivity index (χ3v) is 5.51. The van der Waals surface area contributed by atoms with Crippen LogP contribution in [0.15, 0.2) is 13.2 Å². The van der Waals surface area contributed by atoms with Gasteiger partial charge in [-0.1, -0.05) is 60.1 Å². The average Bonchev–Trinajstić information content (AvgIpc) is 2.20. The Bertz CT molecular complexity index is 242. The first kappa shape index (κ1) is 42.8. The molecule has 0 aliphatic heterocycles. The van der Waals surface area contributed by atoms with Crippen LogP contribution in [0.5, 0.6) is 0 Å². The lowest BCUT2D eigenvalue weighted by molar-refractivity contribution is 0.558. The van der Waals surface area contributed by atoms with Crippen LogP contribution in [0.2, 0.25) is 98.2 Å². The lowest BCUT2D eigenvalue weighted by Gasteiger charge is -2.27. The van der Waals surface area contributed by atoms with Gasteiger partial charge in [-0.2, -0.15) is 0 Å². The molecule has 2 nitrogen and oxygen atoms in total. The van der Waals surface area contributed by atoms with Gasteiger partial charge in [-0.15, -0.1) is 13.2 Å². The zero-order valence-corrected chi connectivity index (χ0v) is 28.8. The van der Waals surface area contributed by atoms with Gasteiger partial charge in [0.05, 0.1) is 0 Å². The molecule has 0 atom stereocenters. The molecule has 0 aromatic carbocycles. The van der Waals surface area contributed by atoms with E-state index in [1.165, 1.54) is 0 Å². The predicted molar refractivity (Wildman–Crippen MR) is 157 cm³/mol. The summed E-state index contributed by atoms with van der Waals surface area (Å²) in [4.78, 5) is 8.66. The van der Waals surface area contributed by atoms with E-state index in [1.54, 1.807) is 0 Å². The molecule has 0 spiro atoms. The van der Waals surface area contributed by atoms with Crippen molar-refractivity contribution in [1.29, 1.82) is 0 Å². The largest absolute Gasteiger partial charge is 0.456 e. The fraction of sp³-hybridized carbons (Fsp3) is 0.905. The van der Waals surface area contributed by atoms with E-state index in [0.717, 1.165) is 5.92 Å². The van der Waals surface area contributed by atoms with Crippen molar-refractivity contribution in [2.45, 2.75) is 119 Å². The summed E-state index contributed by atoms with van der Waals surface area (Å²) in [5.41, 5.74) is 0. The molecule has 0 aliphatic rings. The van der Waals surface area contributed by atoms with E-state index < -0.39 is 25.0 Å².